The molecule has 0 radical (unpaired) electrons. The van der Waals surface area contributed by atoms with E-state index in [1.165, 1.54) is 42.4 Å². The molecule has 0 fully saturated rings. The Labute approximate surface area is 231 Å². The molecule has 5 aromatic carbocycles. The maximum absolute atomic E-state index is 9.76. The maximum Gasteiger partial charge on any atom is 0.0998 e. The van der Waals surface area contributed by atoms with Crippen molar-refractivity contribution in [3.05, 3.63) is 139 Å². The summed E-state index contributed by atoms with van der Waals surface area (Å²) in [5.41, 5.74) is 9.87. The Morgan fingerprint density at radius 1 is 0.487 bits per heavy atom. The van der Waals surface area contributed by atoms with Crippen molar-refractivity contribution in [3.63, 3.8) is 0 Å². The lowest BCUT2D eigenvalue weighted by Crippen LogP contribution is -1.86. The van der Waals surface area contributed by atoms with Crippen molar-refractivity contribution in [1.82, 2.24) is 4.98 Å². The lowest BCUT2D eigenvalue weighted by Gasteiger charge is -2.12. The first kappa shape index (κ1) is 23.1. The average Bonchev–Trinajstić information content (AvgIpc) is 3.41. The van der Waals surface area contributed by atoms with Crippen LogP contribution in [0.3, 0.4) is 0 Å². The molecule has 2 heterocycles. The number of aromatic nitrogens is 1. The van der Waals surface area contributed by atoms with Crippen LogP contribution in [-0.4, -0.2) is 4.98 Å². The van der Waals surface area contributed by atoms with Crippen molar-refractivity contribution in [3.8, 4) is 50.6 Å². The third-order valence-electron chi connectivity index (χ3n) is 7.27. The van der Waals surface area contributed by atoms with Crippen LogP contribution >= 0.6 is 11.3 Å². The molecule has 0 aliphatic rings. The van der Waals surface area contributed by atoms with Gasteiger partial charge in [-0.05, 0) is 39.9 Å². The molecule has 0 saturated heterocycles. The predicted octanol–water partition coefficient (Wildman–Crippen LogP) is 9.99. The van der Waals surface area contributed by atoms with Gasteiger partial charge >= 0.3 is 0 Å². The predicted molar refractivity (Wildman–Crippen MR) is 164 cm³/mol. The Balaban J connectivity index is 1.40. The van der Waals surface area contributed by atoms with E-state index in [9.17, 15) is 5.26 Å². The number of thiophene rings is 1. The first-order chi connectivity index (χ1) is 19.3. The molecule has 7 rings (SSSR count). The molecule has 0 N–H and O–H groups in total. The fourth-order valence-corrected chi connectivity index (χ4v) is 6.76. The number of nitriles is 1. The van der Waals surface area contributed by atoms with Crippen LogP contribution in [0.4, 0.5) is 0 Å². The number of fused-ring (bicyclic) bond motifs is 3. The van der Waals surface area contributed by atoms with Crippen LogP contribution in [0.1, 0.15) is 5.56 Å². The van der Waals surface area contributed by atoms with Gasteiger partial charge in [-0.3, -0.25) is 4.98 Å². The zero-order valence-corrected chi connectivity index (χ0v) is 21.8. The van der Waals surface area contributed by atoms with E-state index in [2.05, 4.69) is 102 Å². The molecule has 0 amide bonds. The van der Waals surface area contributed by atoms with Gasteiger partial charge in [-0.15, -0.1) is 11.3 Å². The summed E-state index contributed by atoms with van der Waals surface area (Å²) in [4.78, 5) is 4.26. The van der Waals surface area contributed by atoms with Crippen molar-refractivity contribution in [1.29, 1.82) is 5.26 Å². The molecule has 2 nitrogen and oxygen atoms in total. The molecule has 0 saturated carbocycles. The van der Waals surface area contributed by atoms with E-state index in [0.29, 0.717) is 5.56 Å². The Kier molecular flexibility index (Phi) is 5.74. The van der Waals surface area contributed by atoms with Gasteiger partial charge in [0.1, 0.15) is 0 Å². The number of benzene rings is 5. The minimum absolute atomic E-state index is 0.697. The average molecular weight is 515 g/mol. The Morgan fingerprint density at radius 3 is 1.74 bits per heavy atom. The number of hydrogen-bond donors (Lipinski definition) is 0. The standard InChI is InChI=1S/C36H22N2S/c37-22-26-8-1-2-11-29(26)31-13-5-15-33-34-16-6-14-32(36(34)39-35(31)33)30-12-4-3-10-28(30)25-19-17-24(18-20-25)27-9-7-21-38-23-27/h1-21,23H. The van der Waals surface area contributed by atoms with Crippen LogP contribution < -0.4 is 0 Å². The molecular weight excluding hydrogens is 492 g/mol. The molecule has 0 unspecified atom stereocenters. The zero-order chi connectivity index (χ0) is 26.2. The molecule has 2 aromatic heterocycles. The number of pyridine rings is 1. The van der Waals surface area contributed by atoms with Gasteiger partial charge in [0.25, 0.3) is 0 Å². The van der Waals surface area contributed by atoms with E-state index in [4.69, 9.17) is 0 Å². The lowest BCUT2D eigenvalue weighted by molar-refractivity contribution is 1.33. The third-order valence-corrected chi connectivity index (χ3v) is 8.56. The second-order valence-corrected chi connectivity index (χ2v) is 10.5. The van der Waals surface area contributed by atoms with Gasteiger partial charge in [0.2, 0.25) is 0 Å². The van der Waals surface area contributed by atoms with E-state index in [0.717, 1.165) is 22.3 Å². The van der Waals surface area contributed by atoms with E-state index in [1.54, 1.807) is 6.20 Å². The summed E-state index contributed by atoms with van der Waals surface area (Å²) >= 11 is 1.81. The number of rotatable bonds is 4. The zero-order valence-electron chi connectivity index (χ0n) is 21.0. The molecule has 0 atom stereocenters. The summed E-state index contributed by atoms with van der Waals surface area (Å²) in [5.74, 6) is 0. The van der Waals surface area contributed by atoms with Gasteiger partial charge in [0.05, 0.1) is 11.6 Å². The quantitative estimate of drug-likeness (QED) is 0.234. The molecular formula is C36H22N2S. The van der Waals surface area contributed by atoms with Crippen molar-refractivity contribution in [2.45, 2.75) is 0 Å². The van der Waals surface area contributed by atoms with Gasteiger partial charge in [0.15, 0.2) is 0 Å². The van der Waals surface area contributed by atoms with Crippen LogP contribution in [0.5, 0.6) is 0 Å². The van der Waals surface area contributed by atoms with Crippen LogP contribution in [0.15, 0.2) is 134 Å². The normalized spacial score (nSPS) is 11.1. The fraction of sp³-hybridized carbons (Fsp3) is 0. The number of nitrogens with zero attached hydrogens (tertiary/aromatic N) is 2. The summed E-state index contributed by atoms with van der Waals surface area (Å²) in [6, 6.07) is 44.7. The van der Waals surface area contributed by atoms with Gasteiger partial charge in [-0.1, -0.05) is 109 Å². The van der Waals surface area contributed by atoms with E-state index in [-0.39, 0.29) is 0 Å². The largest absolute Gasteiger partial charge is 0.264 e. The Hall–Kier alpha value is -5.04. The molecule has 182 valence electrons. The first-order valence-corrected chi connectivity index (χ1v) is 13.7. The number of hydrogen-bond acceptors (Lipinski definition) is 3. The van der Waals surface area contributed by atoms with Crippen LogP contribution in [0.2, 0.25) is 0 Å². The molecule has 0 spiro atoms. The van der Waals surface area contributed by atoms with E-state index < -0.39 is 0 Å². The smallest absolute Gasteiger partial charge is 0.0998 e. The highest BCUT2D eigenvalue weighted by Crippen LogP contribution is 2.45. The lowest BCUT2D eigenvalue weighted by atomic mass is 9.92. The first-order valence-electron chi connectivity index (χ1n) is 12.9. The topological polar surface area (TPSA) is 36.7 Å². The molecule has 0 aliphatic heterocycles. The second-order valence-electron chi connectivity index (χ2n) is 9.49. The van der Waals surface area contributed by atoms with Crippen molar-refractivity contribution < 1.29 is 0 Å². The fourth-order valence-electron chi connectivity index (χ4n) is 5.41. The third kappa shape index (κ3) is 3.99. The molecule has 3 heteroatoms. The van der Waals surface area contributed by atoms with Crippen LogP contribution in [0, 0.1) is 11.3 Å². The Morgan fingerprint density at radius 2 is 1.08 bits per heavy atom. The molecule has 39 heavy (non-hydrogen) atoms. The molecule has 7 aromatic rings. The van der Waals surface area contributed by atoms with Gasteiger partial charge in [-0.25, -0.2) is 0 Å². The van der Waals surface area contributed by atoms with Gasteiger partial charge < -0.3 is 0 Å². The minimum atomic E-state index is 0.697. The van der Waals surface area contributed by atoms with Gasteiger partial charge in [0, 0.05) is 49.3 Å². The van der Waals surface area contributed by atoms with Crippen molar-refractivity contribution in [2.24, 2.45) is 0 Å². The summed E-state index contributed by atoms with van der Waals surface area (Å²) in [6.45, 7) is 0. The highest BCUT2D eigenvalue weighted by atomic mass is 32.1. The van der Waals surface area contributed by atoms with E-state index >= 15 is 0 Å². The molecule has 0 bridgehead atoms. The highest BCUT2D eigenvalue weighted by molar-refractivity contribution is 7.26. The maximum atomic E-state index is 9.76. The highest BCUT2D eigenvalue weighted by Gasteiger charge is 2.17. The van der Waals surface area contributed by atoms with Gasteiger partial charge in [-0.2, -0.15) is 5.26 Å². The van der Waals surface area contributed by atoms with Crippen LogP contribution in [-0.2, 0) is 0 Å². The minimum Gasteiger partial charge on any atom is -0.264 e. The monoisotopic (exact) mass is 514 g/mol. The summed E-state index contributed by atoms with van der Waals surface area (Å²) in [5, 5.41) is 12.2. The van der Waals surface area contributed by atoms with Crippen LogP contribution in [0.25, 0.3) is 64.7 Å². The summed E-state index contributed by atoms with van der Waals surface area (Å²) < 4.78 is 2.47. The van der Waals surface area contributed by atoms with Crippen molar-refractivity contribution in [2.75, 3.05) is 0 Å². The summed E-state index contributed by atoms with van der Waals surface area (Å²) in [6.07, 6.45) is 3.70. The summed E-state index contributed by atoms with van der Waals surface area (Å²) in [7, 11) is 0. The Bertz CT molecular complexity index is 2010. The molecule has 0 aliphatic carbocycles. The SMILES string of the molecule is N#Cc1ccccc1-c1cccc2c1sc1c(-c3ccccc3-c3ccc(-c4cccnc4)cc3)cccc12. The second kappa shape index (κ2) is 9.68. The van der Waals surface area contributed by atoms with Crippen molar-refractivity contribution >= 4 is 31.5 Å². The van der Waals surface area contributed by atoms with E-state index in [1.807, 2.05) is 47.9 Å².